The van der Waals surface area contributed by atoms with Crippen molar-refractivity contribution in [2.75, 3.05) is 25.1 Å². The Bertz CT molecular complexity index is 503. The first-order valence-corrected chi connectivity index (χ1v) is 7.23. The fraction of sp³-hybridized carbons (Fsp3) is 0.308. The van der Waals surface area contributed by atoms with Crippen LogP contribution in [0.3, 0.4) is 0 Å². The van der Waals surface area contributed by atoms with Crippen LogP contribution < -0.4 is 11.1 Å². The van der Waals surface area contributed by atoms with Gasteiger partial charge in [-0.05, 0) is 18.2 Å². The van der Waals surface area contributed by atoms with Crippen molar-refractivity contribution < 1.29 is 9.00 Å². The van der Waals surface area contributed by atoms with Crippen molar-refractivity contribution in [3.05, 3.63) is 35.4 Å². The molecule has 0 aliphatic heterocycles. The number of rotatable bonds is 4. The maximum absolute atomic E-state index is 11.8. The Balaban J connectivity index is 2.65. The second-order valence-electron chi connectivity index (χ2n) is 3.62. The first-order valence-electron chi connectivity index (χ1n) is 5.50. The third-order valence-corrected chi connectivity index (χ3v) is 2.91. The lowest BCUT2D eigenvalue weighted by Crippen LogP contribution is -2.27. The van der Waals surface area contributed by atoms with Crippen LogP contribution in [0, 0.1) is 11.8 Å². The number of nitrogens with one attached hydrogen (secondary N) is 1. The summed E-state index contributed by atoms with van der Waals surface area (Å²) in [5.74, 6) is 5.88. The van der Waals surface area contributed by atoms with Gasteiger partial charge in [0.25, 0.3) is 5.91 Å². The summed E-state index contributed by atoms with van der Waals surface area (Å²) in [6.45, 7) is 0.694. The summed E-state index contributed by atoms with van der Waals surface area (Å²) in [7, 11) is -0.898. The third kappa shape index (κ3) is 5.13. The summed E-state index contributed by atoms with van der Waals surface area (Å²) >= 11 is 0. The fourth-order valence-electron chi connectivity index (χ4n) is 1.30. The molecule has 1 unspecified atom stereocenters. The second kappa shape index (κ2) is 7.64. The average Bonchev–Trinajstić information content (AvgIpc) is 2.36. The predicted molar refractivity (Wildman–Crippen MR) is 73.6 cm³/mol. The molecule has 18 heavy (non-hydrogen) atoms. The SMILES string of the molecule is CS(=O)CCNC(=O)c1cccc(C#CCN)c1. The summed E-state index contributed by atoms with van der Waals surface area (Å²) in [6, 6.07) is 7.01. The quantitative estimate of drug-likeness (QED) is 0.758. The smallest absolute Gasteiger partial charge is 0.251 e. The maximum Gasteiger partial charge on any atom is 0.251 e. The molecule has 0 aromatic heterocycles. The highest BCUT2D eigenvalue weighted by atomic mass is 32.2. The summed E-state index contributed by atoms with van der Waals surface area (Å²) in [4.78, 5) is 11.8. The zero-order valence-corrected chi connectivity index (χ0v) is 11.0. The van der Waals surface area contributed by atoms with E-state index in [-0.39, 0.29) is 5.91 Å². The molecule has 1 rings (SSSR count). The minimum absolute atomic E-state index is 0.183. The van der Waals surface area contributed by atoms with E-state index in [2.05, 4.69) is 17.2 Å². The highest BCUT2D eigenvalue weighted by Gasteiger charge is 2.05. The largest absolute Gasteiger partial charge is 0.351 e. The van der Waals surface area contributed by atoms with E-state index in [4.69, 9.17) is 5.73 Å². The molecule has 1 amide bonds. The summed E-state index contributed by atoms with van der Waals surface area (Å²) in [5, 5.41) is 2.71. The lowest BCUT2D eigenvalue weighted by atomic mass is 10.1. The zero-order valence-electron chi connectivity index (χ0n) is 10.2. The molecule has 0 fully saturated rings. The zero-order chi connectivity index (χ0) is 13.4. The van der Waals surface area contributed by atoms with Gasteiger partial charge in [-0.1, -0.05) is 17.9 Å². The van der Waals surface area contributed by atoms with Gasteiger partial charge in [0.1, 0.15) is 0 Å². The Kier molecular flexibility index (Phi) is 6.12. The van der Waals surface area contributed by atoms with Gasteiger partial charge < -0.3 is 11.1 Å². The minimum Gasteiger partial charge on any atom is -0.351 e. The average molecular weight is 264 g/mol. The Morgan fingerprint density at radius 1 is 1.50 bits per heavy atom. The Labute approximate surface area is 109 Å². The minimum atomic E-state index is -0.898. The monoisotopic (exact) mass is 264 g/mol. The van der Waals surface area contributed by atoms with Gasteiger partial charge in [0.2, 0.25) is 0 Å². The van der Waals surface area contributed by atoms with Crippen molar-refractivity contribution in [1.29, 1.82) is 0 Å². The molecular formula is C13H16N2O2S. The fourth-order valence-corrected chi connectivity index (χ4v) is 1.69. The molecule has 96 valence electrons. The highest BCUT2D eigenvalue weighted by molar-refractivity contribution is 7.84. The molecule has 0 bridgehead atoms. The number of nitrogens with two attached hydrogens (primary N) is 1. The van der Waals surface area contributed by atoms with Crippen LogP contribution in [-0.4, -0.2) is 35.2 Å². The molecular weight excluding hydrogens is 248 g/mol. The van der Waals surface area contributed by atoms with E-state index in [0.29, 0.717) is 24.4 Å². The van der Waals surface area contributed by atoms with Crippen molar-refractivity contribution >= 4 is 16.7 Å². The third-order valence-electron chi connectivity index (χ3n) is 2.13. The Hall–Kier alpha value is -1.64. The highest BCUT2D eigenvalue weighted by Crippen LogP contribution is 2.03. The normalized spacial score (nSPS) is 11.2. The van der Waals surface area contributed by atoms with Gasteiger partial charge in [0.05, 0.1) is 6.54 Å². The molecule has 3 N–H and O–H groups in total. The molecule has 4 nitrogen and oxygen atoms in total. The van der Waals surface area contributed by atoms with Gasteiger partial charge in [-0.3, -0.25) is 9.00 Å². The van der Waals surface area contributed by atoms with Crippen molar-refractivity contribution in [3.63, 3.8) is 0 Å². The molecule has 1 aromatic carbocycles. The molecule has 0 saturated heterocycles. The van der Waals surface area contributed by atoms with E-state index in [1.54, 1.807) is 24.5 Å². The van der Waals surface area contributed by atoms with Crippen LogP contribution in [0.25, 0.3) is 0 Å². The topological polar surface area (TPSA) is 72.2 Å². The molecule has 0 radical (unpaired) electrons. The van der Waals surface area contributed by atoms with E-state index in [1.165, 1.54) is 0 Å². The number of carbonyl (C=O) groups excluding carboxylic acids is 1. The van der Waals surface area contributed by atoms with Crippen LogP contribution in [0.1, 0.15) is 15.9 Å². The van der Waals surface area contributed by atoms with Gasteiger partial charge in [0.15, 0.2) is 0 Å². The first-order chi connectivity index (χ1) is 8.63. The van der Waals surface area contributed by atoms with E-state index in [1.807, 2.05) is 6.07 Å². The van der Waals surface area contributed by atoms with E-state index in [0.717, 1.165) is 5.56 Å². The molecule has 0 spiro atoms. The predicted octanol–water partition coefficient (Wildman–Crippen LogP) is 0.105. The molecule has 1 aromatic rings. The van der Waals surface area contributed by atoms with Crippen LogP contribution >= 0.6 is 0 Å². The standard InChI is InChI=1S/C13H16N2O2S/c1-18(17)9-8-15-13(16)12-6-2-4-11(10-12)5-3-7-14/h2,4,6,10H,7-9,14H2,1H3,(H,15,16). The lowest BCUT2D eigenvalue weighted by molar-refractivity contribution is 0.0956. The summed E-state index contributed by atoms with van der Waals surface area (Å²) < 4.78 is 10.9. The molecule has 0 saturated carbocycles. The maximum atomic E-state index is 11.8. The van der Waals surface area contributed by atoms with Gasteiger partial charge in [-0.25, -0.2) is 0 Å². The van der Waals surface area contributed by atoms with Gasteiger partial charge in [-0.15, -0.1) is 0 Å². The Morgan fingerprint density at radius 3 is 2.94 bits per heavy atom. The molecule has 0 aliphatic carbocycles. The number of hydrogen-bond donors (Lipinski definition) is 2. The molecule has 0 aliphatic rings. The number of amides is 1. The van der Waals surface area contributed by atoms with Crippen LogP contribution in [0.2, 0.25) is 0 Å². The van der Waals surface area contributed by atoms with Gasteiger partial charge in [0, 0.05) is 40.5 Å². The lowest BCUT2D eigenvalue weighted by Gasteiger charge is -2.04. The summed E-state index contributed by atoms with van der Waals surface area (Å²) in [6.07, 6.45) is 1.61. The van der Waals surface area contributed by atoms with Crippen molar-refractivity contribution in [2.24, 2.45) is 5.73 Å². The number of hydrogen-bond acceptors (Lipinski definition) is 3. The van der Waals surface area contributed by atoms with E-state index < -0.39 is 10.8 Å². The van der Waals surface area contributed by atoms with Crippen LogP contribution in [0.5, 0.6) is 0 Å². The van der Waals surface area contributed by atoms with Crippen molar-refractivity contribution in [3.8, 4) is 11.8 Å². The van der Waals surface area contributed by atoms with Gasteiger partial charge >= 0.3 is 0 Å². The Morgan fingerprint density at radius 2 is 2.28 bits per heavy atom. The van der Waals surface area contributed by atoms with Crippen LogP contribution in [0.4, 0.5) is 0 Å². The molecule has 5 heteroatoms. The second-order valence-corrected chi connectivity index (χ2v) is 5.17. The number of benzene rings is 1. The molecule has 1 atom stereocenters. The number of carbonyl (C=O) groups is 1. The first kappa shape index (κ1) is 14.4. The van der Waals surface area contributed by atoms with E-state index >= 15 is 0 Å². The van der Waals surface area contributed by atoms with Crippen molar-refractivity contribution in [2.45, 2.75) is 0 Å². The summed E-state index contributed by atoms with van der Waals surface area (Å²) in [5.41, 5.74) is 6.59. The van der Waals surface area contributed by atoms with Crippen LogP contribution in [-0.2, 0) is 10.8 Å². The van der Waals surface area contributed by atoms with Crippen LogP contribution in [0.15, 0.2) is 24.3 Å². The van der Waals surface area contributed by atoms with Crippen molar-refractivity contribution in [1.82, 2.24) is 5.32 Å². The van der Waals surface area contributed by atoms with E-state index in [9.17, 15) is 9.00 Å². The van der Waals surface area contributed by atoms with Gasteiger partial charge in [-0.2, -0.15) is 0 Å². The molecule has 0 heterocycles.